The van der Waals surface area contributed by atoms with E-state index in [1.54, 1.807) is 0 Å². The molecule has 0 radical (unpaired) electrons. The number of aliphatic carboxylic acids is 1. The third-order valence-corrected chi connectivity index (χ3v) is 3.97. The molecule has 5 heteroatoms. The number of rotatable bonds is 3. The average molecular weight is 297 g/mol. The summed E-state index contributed by atoms with van der Waals surface area (Å²) in [6, 6.07) is 11.9. The van der Waals surface area contributed by atoms with Crippen LogP contribution in [0.15, 0.2) is 36.4 Å². The van der Waals surface area contributed by atoms with Crippen LogP contribution in [0.4, 0.5) is 5.95 Å². The van der Waals surface area contributed by atoms with E-state index in [1.807, 2.05) is 48.2 Å². The minimum Gasteiger partial charge on any atom is -0.481 e. The average Bonchev–Trinajstić information content (AvgIpc) is 2.55. The molecule has 114 valence electrons. The number of nitrogens with zero attached hydrogens (tertiary/aromatic N) is 3. The zero-order chi connectivity index (χ0) is 15.5. The van der Waals surface area contributed by atoms with Crippen LogP contribution in [-0.2, 0) is 4.79 Å². The van der Waals surface area contributed by atoms with E-state index in [-0.39, 0.29) is 5.92 Å². The molecule has 0 saturated carbocycles. The molecule has 1 aromatic heterocycles. The lowest BCUT2D eigenvalue weighted by Gasteiger charge is -2.31. The monoisotopic (exact) mass is 297 g/mol. The number of anilines is 1. The highest BCUT2D eigenvalue weighted by atomic mass is 16.4. The Morgan fingerprint density at radius 2 is 2.05 bits per heavy atom. The maximum absolute atomic E-state index is 11.2. The molecule has 1 fully saturated rings. The molecular weight excluding hydrogens is 278 g/mol. The second-order valence-corrected chi connectivity index (χ2v) is 5.68. The minimum atomic E-state index is -0.736. The van der Waals surface area contributed by atoms with Crippen molar-refractivity contribution in [2.45, 2.75) is 19.8 Å². The summed E-state index contributed by atoms with van der Waals surface area (Å²) in [5.41, 5.74) is 2.81. The zero-order valence-corrected chi connectivity index (χ0v) is 12.6. The SMILES string of the molecule is Cc1cc(-c2ccccc2)nc(N2CCCC(C(=O)O)C2)n1. The summed E-state index contributed by atoms with van der Waals surface area (Å²) in [4.78, 5) is 22.3. The van der Waals surface area contributed by atoms with E-state index in [1.165, 1.54) is 0 Å². The second-order valence-electron chi connectivity index (χ2n) is 5.68. The van der Waals surface area contributed by atoms with Crippen LogP contribution < -0.4 is 4.90 Å². The molecule has 3 rings (SSSR count). The van der Waals surface area contributed by atoms with Gasteiger partial charge in [0.1, 0.15) is 0 Å². The summed E-state index contributed by atoms with van der Waals surface area (Å²) in [6.07, 6.45) is 1.58. The van der Waals surface area contributed by atoms with Crippen molar-refractivity contribution in [2.75, 3.05) is 18.0 Å². The standard InChI is InChI=1S/C17H19N3O2/c1-12-10-15(13-6-3-2-4-7-13)19-17(18-12)20-9-5-8-14(11-20)16(21)22/h2-4,6-7,10,14H,5,8-9,11H2,1H3,(H,21,22). The first-order valence-electron chi connectivity index (χ1n) is 7.52. The molecule has 1 aliphatic heterocycles. The molecule has 1 saturated heterocycles. The lowest BCUT2D eigenvalue weighted by atomic mass is 9.99. The van der Waals surface area contributed by atoms with Crippen molar-refractivity contribution in [3.63, 3.8) is 0 Å². The van der Waals surface area contributed by atoms with Crippen LogP contribution in [0.5, 0.6) is 0 Å². The lowest BCUT2D eigenvalue weighted by Crippen LogP contribution is -2.39. The first kappa shape index (κ1) is 14.5. The van der Waals surface area contributed by atoms with Crippen LogP contribution in [0.1, 0.15) is 18.5 Å². The van der Waals surface area contributed by atoms with Crippen LogP contribution in [0, 0.1) is 12.8 Å². The van der Waals surface area contributed by atoms with E-state index in [2.05, 4.69) is 9.97 Å². The Bertz CT molecular complexity index is 673. The first-order chi connectivity index (χ1) is 10.6. The predicted octanol–water partition coefficient (Wildman–Crippen LogP) is 2.75. The molecule has 1 aliphatic rings. The van der Waals surface area contributed by atoms with E-state index in [0.717, 1.165) is 36.3 Å². The number of aromatic nitrogens is 2. The number of carboxylic acids is 1. The van der Waals surface area contributed by atoms with Gasteiger partial charge in [-0.05, 0) is 25.8 Å². The zero-order valence-electron chi connectivity index (χ0n) is 12.6. The van der Waals surface area contributed by atoms with Crippen molar-refractivity contribution in [2.24, 2.45) is 5.92 Å². The topological polar surface area (TPSA) is 66.3 Å². The summed E-state index contributed by atoms with van der Waals surface area (Å²) in [5, 5.41) is 9.22. The molecule has 1 N–H and O–H groups in total. The highest BCUT2D eigenvalue weighted by Crippen LogP contribution is 2.24. The van der Waals surface area contributed by atoms with Gasteiger partial charge in [-0.3, -0.25) is 4.79 Å². The van der Waals surface area contributed by atoms with Gasteiger partial charge in [0, 0.05) is 24.3 Å². The number of carboxylic acid groups (broad SMARTS) is 1. The van der Waals surface area contributed by atoms with Gasteiger partial charge in [0.05, 0.1) is 11.6 Å². The Kier molecular flexibility index (Phi) is 4.04. The second kappa shape index (κ2) is 6.13. The van der Waals surface area contributed by atoms with Gasteiger partial charge in [-0.1, -0.05) is 30.3 Å². The molecule has 5 nitrogen and oxygen atoms in total. The number of benzene rings is 1. The van der Waals surface area contributed by atoms with Gasteiger partial charge in [-0.25, -0.2) is 9.97 Å². The summed E-state index contributed by atoms with van der Waals surface area (Å²) in [5.74, 6) is -0.441. The number of hydrogen-bond acceptors (Lipinski definition) is 4. The third-order valence-electron chi connectivity index (χ3n) is 3.97. The van der Waals surface area contributed by atoms with Crippen LogP contribution in [0.3, 0.4) is 0 Å². The van der Waals surface area contributed by atoms with E-state index in [0.29, 0.717) is 12.5 Å². The van der Waals surface area contributed by atoms with Crippen molar-refractivity contribution in [3.05, 3.63) is 42.1 Å². The Labute approximate surface area is 129 Å². The Balaban J connectivity index is 1.91. The molecule has 0 spiro atoms. The normalized spacial score (nSPS) is 18.2. The minimum absolute atomic E-state index is 0.335. The van der Waals surface area contributed by atoms with Crippen molar-refractivity contribution in [1.29, 1.82) is 0 Å². The molecule has 1 aromatic carbocycles. The van der Waals surface area contributed by atoms with Gasteiger partial charge in [-0.15, -0.1) is 0 Å². The molecule has 22 heavy (non-hydrogen) atoms. The van der Waals surface area contributed by atoms with Crippen LogP contribution in [0.2, 0.25) is 0 Å². The Hall–Kier alpha value is -2.43. The fourth-order valence-corrected chi connectivity index (χ4v) is 2.81. The smallest absolute Gasteiger partial charge is 0.308 e. The molecule has 0 bridgehead atoms. The molecule has 0 aliphatic carbocycles. The van der Waals surface area contributed by atoms with Crippen LogP contribution >= 0.6 is 0 Å². The fraction of sp³-hybridized carbons (Fsp3) is 0.353. The van der Waals surface area contributed by atoms with Crippen molar-refractivity contribution < 1.29 is 9.90 Å². The van der Waals surface area contributed by atoms with E-state index in [4.69, 9.17) is 0 Å². The predicted molar refractivity (Wildman–Crippen MR) is 84.8 cm³/mol. The number of piperidine rings is 1. The van der Waals surface area contributed by atoms with Gasteiger partial charge in [0.15, 0.2) is 0 Å². The maximum atomic E-state index is 11.2. The highest BCUT2D eigenvalue weighted by molar-refractivity contribution is 5.71. The van der Waals surface area contributed by atoms with Crippen molar-refractivity contribution >= 4 is 11.9 Å². The van der Waals surface area contributed by atoms with Gasteiger partial charge in [-0.2, -0.15) is 0 Å². The Morgan fingerprint density at radius 3 is 2.77 bits per heavy atom. The number of aryl methyl sites for hydroxylation is 1. The summed E-state index contributed by atoms with van der Waals surface area (Å²) in [6.45, 7) is 3.23. The first-order valence-corrected chi connectivity index (χ1v) is 7.52. The van der Waals surface area contributed by atoms with Gasteiger partial charge in [0.25, 0.3) is 0 Å². The lowest BCUT2D eigenvalue weighted by molar-refractivity contribution is -0.141. The van der Waals surface area contributed by atoms with E-state index in [9.17, 15) is 9.90 Å². The van der Waals surface area contributed by atoms with Gasteiger partial charge >= 0.3 is 5.97 Å². The largest absolute Gasteiger partial charge is 0.481 e. The van der Waals surface area contributed by atoms with Gasteiger partial charge in [0.2, 0.25) is 5.95 Å². The molecule has 1 atom stereocenters. The molecule has 2 heterocycles. The summed E-state index contributed by atoms with van der Waals surface area (Å²) >= 11 is 0. The summed E-state index contributed by atoms with van der Waals surface area (Å²) in [7, 11) is 0. The van der Waals surface area contributed by atoms with Gasteiger partial charge < -0.3 is 10.0 Å². The van der Waals surface area contributed by atoms with E-state index >= 15 is 0 Å². The van der Waals surface area contributed by atoms with E-state index < -0.39 is 5.97 Å². The van der Waals surface area contributed by atoms with Crippen molar-refractivity contribution in [1.82, 2.24) is 9.97 Å². The van der Waals surface area contributed by atoms with Crippen molar-refractivity contribution in [3.8, 4) is 11.3 Å². The Morgan fingerprint density at radius 1 is 1.27 bits per heavy atom. The molecule has 2 aromatic rings. The third kappa shape index (κ3) is 3.08. The molecule has 0 amide bonds. The highest BCUT2D eigenvalue weighted by Gasteiger charge is 2.27. The molecule has 1 unspecified atom stereocenters. The fourth-order valence-electron chi connectivity index (χ4n) is 2.81. The number of hydrogen-bond donors (Lipinski definition) is 1. The molecular formula is C17H19N3O2. The maximum Gasteiger partial charge on any atom is 0.308 e. The number of carbonyl (C=O) groups is 1. The quantitative estimate of drug-likeness (QED) is 0.943. The van der Waals surface area contributed by atoms with Crippen LogP contribution in [0.25, 0.3) is 11.3 Å². The summed E-state index contributed by atoms with van der Waals surface area (Å²) < 4.78 is 0. The van der Waals surface area contributed by atoms with Crippen LogP contribution in [-0.4, -0.2) is 34.1 Å².